The maximum absolute atomic E-state index is 14.6. The van der Waals surface area contributed by atoms with E-state index in [1.807, 2.05) is 35.0 Å². The minimum atomic E-state index is -4.70. The van der Waals surface area contributed by atoms with Gasteiger partial charge in [0.2, 0.25) is 0 Å². The van der Waals surface area contributed by atoms with E-state index < -0.39 is 41.3 Å². The molecule has 10 heteroatoms. The van der Waals surface area contributed by atoms with E-state index in [-0.39, 0.29) is 16.6 Å². The molecule has 4 aromatic carbocycles. The molecular weight excluding hydrogens is 552 g/mol. The molecule has 0 saturated heterocycles. The van der Waals surface area contributed by atoms with E-state index in [0.29, 0.717) is 29.3 Å². The Bertz CT molecular complexity index is 1860. The molecule has 0 aliphatic rings. The summed E-state index contributed by atoms with van der Waals surface area (Å²) >= 11 is 5.98. The standard InChI is InChI=1S/C30H18ClF6N3/c31-20-7-4-17(5-8-20)15-39-11-10-18-12-19(6-9-27(18)39)29-22-2-1-3-24(30(35,36)37)28(22)38-40(29)16-23-25(33)13-21(32)14-26(23)34/h1-14H,15-16H2. The van der Waals surface area contributed by atoms with Crippen LogP contribution in [0.5, 0.6) is 0 Å². The van der Waals surface area contributed by atoms with Gasteiger partial charge in [-0.05, 0) is 42.0 Å². The average Bonchev–Trinajstić information content (AvgIpc) is 3.47. The van der Waals surface area contributed by atoms with Crippen molar-refractivity contribution in [3.8, 4) is 11.3 Å². The first-order chi connectivity index (χ1) is 19.1. The van der Waals surface area contributed by atoms with Gasteiger partial charge < -0.3 is 4.57 Å². The first kappa shape index (κ1) is 26.0. The Labute approximate surface area is 228 Å². The van der Waals surface area contributed by atoms with Gasteiger partial charge in [0.1, 0.15) is 23.0 Å². The summed E-state index contributed by atoms with van der Waals surface area (Å²) in [5.41, 5.74) is 0.810. The largest absolute Gasteiger partial charge is 0.418 e. The van der Waals surface area contributed by atoms with Crippen LogP contribution in [0, 0.1) is 17.5 Å². The number of rotatable bonds is 5. The summed E-state index contributed by atoms with van der Waals surface area (Å²) in [7, 11) is 0. The van der Waals surface area contributed by atoms with E-state index >= 15 is 0 Å². The van der Waals surface area contributed by atoms with Crippen LogP contribution < -0.4 is 0 Å². The minimum Gasteiger partial charge on any atom is -0.343 e. The van der Waals surface area contributed by atoms with Crippen molar-refractivity contribution in [3.05, 3.63) is 124 Å². The molecule has 0 N–H and O–H groups in total. The number of hydrogen-bond acceptors (Lipinski definition) is 1. The van der Waals surface area contributed by atoms with Crippen LogP contribution >= 0.6 is 11.6 Å². The summed E-state index contributed by atoms with van der Waals surface area (Å²) in [6.07, 6.45) is -2.81. The summed E-state index contributed by atoms with van der Waals surface area (Å²) in [5.74, 6) is -3.42. The normalized spacial score (nSPS) is 12.1. The first-order valence-electron chi connectivity index (χ1n) is 12.1. The molecule has 0 saturated carbocycles. The highest BCUT2D eigenvalue weighted by atomic mass is 35.5. The van der Waals surface area contributed by atoms with Crippen LogP contribution in [0.4, 0.5) is 26.3 Å². The van der Waals surface area contributed by atoms with Gasteiger partial charge >= 0.3 is 6.18 Å². The van der Waals surface area contributed by atoms with Crippen molar-refractivity contribution in [1.82, 2.24) is 14.3 Å². The van der Waals surface area contributed by atoms with Gasteiger partial charge in [-0.15, -0.1) is 0 Å². The van der Waals surface area contributed by atoms with E-state index in [2.05, 4.69) is 5.10 Å². The van der Waals surface area contributed by atoms with Crippen LogP contribution in [0.1, 0.15) is 16.7 Å². The number of hydrogen-bond donors (Lipinski definition) is 0. The lowest BCUT2D eigenvalue weighted by molar-refractivity contribution is -0.136. The fraction of sp³-hybridized carbons (Fsp3) is 0.100. The lowest BCUT2D eigenvalue weighted by Gasteiger charge is -2.11. The molecule has 0 unspecified atom stereocenters. The highest BCUT2D eigenvalue weighted by molar-refractivity contribution is 6.30. The Balaban J connectivity index is 1.50. The summed E-state index contributed by atoms with van der Waals surface area (Å²) in [5, 5.41) is 5.75. The maximum Gasteiger partial charge on any atom is 0.418 e. The molecule has 0 bridgehead atoms. The molecule has 202 valence electrons. The number of aromatic nitrogens is 3. The topological polar surface area (TPSA) is 22.8 Å². The predicted octanol–water partition coefficient (Wildman–Crippen LogP) is 8.84. The smallest absolute Gasteiger partial charge is 0.343 e. The van der Waals surface area contributed by atoms with E-state index in [0.717, 1.165) is 27.2 Å². The Morgan fingerprint density at radius 3 is 2.23 bits per heavy atom. The van der Waals surface area contributed by atoms with Gasteiger partial charge in [0.15, 0.2) is 0 Å². The fourth-order valence-electron chi connectivity index (χ4n) is 4.94. The van der Waals surface area contributed by atoms with E-state index in [9.17, 15) is 26.3 Å². The zero-order valence-corrected chi connectivity index (χ0v) is 21.2. The van der Waals surface area contributed by atoms with Gasteiger partial charge in [0.25, 0.3) is 0 Å². The Morgan fingerprint density at radius 1 is 0.800 bits per heavy atom. The second-order valence-corrected chi connectivity index (χ2v) is 9.83. The van der Waals surface area contributed by atoms with Gasteiger partial charge in [0.05, 0.1) is 17.8 Å². The van der Waals surface area contributed by atoms with E-state index in [1.165, 1.54) is 12.1 Å². The first-order valence-corrected chi connectivity index (χ1v) is 12.5. The summed E-state index contributed by atoms with van der Waals surface area (Å²) in [4.78, 5) is 0. The second kappa shape index (κ2) is 9.75. The number of halogens is 7. The Kier molecular flexibility index (Phi) is 6.34. The monoisotopic (exact) mass is 569 g/mol. The summed E-state index contributed by atoms with van der Waals surface area (Å²) in [6.45, 7) is 0.0216. The fourth-order valence-corrected chi connectivity index (χ4v) is 5.07. The zero-order valence-electron chi connectivity index (χ0n) is 20.5. The van der Waals surface area contributed by atoms with E-state index in [1.54, 1.807) is 24.3 Å². The molecule has 40 heavy (non-hydrogen) atoms. The highest BCUT2D eigenvalue weighted by Crippen LogP contribution is 2.39. The molecular formula is C30H18ClF6N3. The average molecular weight is 570 g/mol. The molecule has 2 heterocycles. The van der Waals surface area contributed by atoms with Crippen LogP contribution in [-0.4, -0.2) is 14.3 Å². The highest BCUT2D eigenvalue weighted by Gasteiger charge is 2.34. The number of nitrogens with zero attached hydrogens (tertiary/aromatic N) is 3. The molecule has 0 aliphatic carbocycles. The van der Waals surface area contributed by atoms with Gasteiger partial charge in [0, 0.05) is 57.3 Å². The molecule has 0 spiro atoms. The molecule has 6 aromatic rings. The number of fused-ring (bicyclic) bond motifs is 2. The summed E-state index contributed by atoms with van der Waals surface area (Å²) in [6, 6.07) is 19.4. The van der Waals surface area contributed by atoms with E-state index in [4.69, 9.17) is 11.6 Å². The Morgan fingerprint density at radius 2 is 1.52 bits per heavy atom. The quantitative estimate of drug-likeness (QED) is 0.190. The third-order valence-corrected chi connectivity index (χ3v) is 7.05. The van der Waals surface area contributed by atoms with Crippen molar-refractivity contribution < 1.29 is 26.3 Å². The number of alkyl halides is 3. The van der Waals surface area contributed by atoms with Crippen molar-refractivity contribution >= 4 is 33.4 Å². The van der Waals surface area contributed by atoms with Gasteiger partial charge in [-0.25, -0.2) is 13.2 Å². The molecule has 6 rings (SSSR count). The molecule has 0 amide bonds. The SMILES string of the molecule is Fc1cc(F)c(Cn2nc3c(C(F)(F)F)cccc3c2-c2ccc3c(ccn3Cc3ccc(Cl)cc3)c2)c(F)c1. The maximum atomic E-state index is 14.6. The van der Waals surface area contributed by atoms with Gasteiger partial charge in [-0.1, -0.05) is 41.9 Å². The third-order valence-electron chi connectivity index (χ3n) is 6.80. The molecule has 0 fully saturated rings. The lowest BCUT2D eigenvalue weighted by Crippen LogP contribution is -2.09. The second-order valence-electron chi connectivity index (χ2n) is 9.40. The summed E-state index contributed by atoms with van der Waals surface area (Å²) < 4.78 is 87.3. The molecule has 0 atom stereocenters. The zero-order chi connectivity index (χ0) is 28.2. The van der Waals surface area contributed by atoms with Crippen LogP contribution in [0.25, 0.3) is 33.1 Å². The van der Waals surface area contributed by atoms with Crippen LogP contribution in [0.3, 0.4) is 0 Å². The van der Waals surface area contributed by atoms with Crippen molar-refractivity contribution in [3.63, 3.8) is 0 Å². The van der Waals surface area contributed by atoms with Crippen molar-refractivity contribution in [2.45, 2.75) is 19.3 Å². The molecule has 0 radical (unpaired) electrons. The van der Waals surface area contributed by atoms with Gasteiger partial charge in [-0.3, -0.25) is 4.68 Å². The molecule has 2 aromatic heterocycles. The van der Waals surface area contributed by atoms with Crippen LogP contribution in [0.2, 0.25) is 5.02 Å². The minimum absolute atomic E-state index is 0.165. The van der Waals surface area contributed by atoms with Crippen molar-refractivity contribution in [2.24, 2.45) is 0 Å². The predicted molar refractivity (Wildman–Crippen MR) is 142 cm³/mol. The van der Waals surface area contributed by atoms with Crippen molar-refractivity contribution in [1.29, 1.82) is 0 Å². The van der Waals surface area contributed by atoms with Crippen molar-refractivity contribution in [2.75, 3.05) is 0 Å². The van der Waals surface area contributed by atoms with Gasteiger partial charge in [-0.2, -0.15) is 18.3 Å². The third kappa shape index (κ3) is 4.70. The lowest BCUT2D eigenvalue weighted by atomic mass is 10.0. The molecule has 3 nitrogen and oxygen atoms in total. The van der Waals surface area contributed by atoms with Crippen LogP contribution in [-0.2, 0) is 19.3 Å². The number of benzene rings is 4. The Hall–Kier alpha value is -4.24. The van der Waals surface area contributed by atoms with Crippen LogP contribution in [0.15, 0.2) is 85.1 Å². The molecule has 0 aliphatic heterocycles.